The Morgan fingerprint density at radius 2 is 1.47 bits per heavy atom. The average molecular weight is 392 g/mol. The van der Waals surface area contributed by atoms with Crippen molar-refractivity contribution in [3.05, 3.63) is 125 Å². The van der Waals surface area contributed by atoms with Crippen molar-refractivity contribution in [3.8, 4) is 11.1 Å². The molecule has 0 saturated heterocycles. The summed E-state index contributed by atoms with van der Waals surface area (Å²) in [5.74, 6) is 0.151. The minimum atomic E-state index is 0.0111. The molecule has 0 unspecified atom stereocenters. The molecule has 0 aliphatic carbocycles. The first-order valence-electron chi connectivity index (χ1n) is 10.3. The molecule has 4 aromatic rings. The molecule has 0 spiro atoms. The van der Waals surface area contributed by atoms with Gasteiger partial charge in [-0.2, -0.15) is 0 Å². The van der Waals surface area contributed by atoms with Crippen molar-refractivity contribution in [2.45, 2.75) is 26.2 Å². The van der Waals surface area contributed by atoms with E-state index in [1.54, 1.807) is 6.20 Å². The summed E-state index contributed by atoms with van der Waals surface area (Å²) >= 11 is 0. The van der Waals surface area contributed by atoms with Gasteiger partial charge < -0.3 is 0 Å². The van der Waals surface area contributed by atoms with Gasteiger partial charge in [-0.1, -0.05) is 78.9 Å². The predicted molar refractivity (Wildman–Crippen MR) is 123 cm³/mol. The predicted octanol–water partition coefficient (Wildman–Crippen LogP) is 6.77. The molecule has 30 heavy (non-hydrogen) atoms. The maximum atomic E-state index is 13.1. The Hall–Kier alpha value is -3.52. The zero-order valence-electron chi connectivity index (χ0n) is 17.4. The van der Waals surface area contributed by atoms with Crippen molar-refractivity contribution in [2.24, 2.45) is 0 Å². The number of benzene rings is 3. The number of ketones is 1. The van der Waals surface area contributed by atoms with Gasteiger partial charge in [0.15, 0.2) is 5.78 Å². The molecule has 0 radical (unpaired) electrons. The molecule has 0 saturated carbocycles. The highest BCUT2D eigenvalue weighted by atomic mass is 16.1. The summed E-state index contributed by atoms with van der Waals surface area (Å²) in [6.07, 6.45) is 2.14. The topological polar surface area (TPSA) is 30.0 Å². The van der Waals surface area contributed by atoms with Crippen molar-refractivity contribution in [3.63, 3.8) is 0 Å². The fourth-order valence-electron chi connectivity index (χ4n) is 3.95. The second-order valence-electron chi connectivity index (χ2n) is 7.71. The van der Waals surface area contributed by atoms with Crippen LogP contribution >= 0.6 is 0 Å². The third-order valence-electron chi connectivity index (χ3n) is 5.59. The summed E-state index contributed by atoms with van der Waals surface area (Å²) in [7, 11) is 0. The zero-order valence-corrected chi connectivity index (χ0v) is 17.4. The smallest absolute Gasteiger partial charge is 0.163 e. The normalized spacial score (nSPS) is 11.8. The molecule has 148 valence electrons. The first-order chi connectivity index (χ1) is 14.6. The number of hydrogen-bond donors (Lipinski definition) is 0. The summed E-state index contributed by atoms with van der Waals surface area (Å²) in [6.45, 7) is 4.03. The fraction of sp³-hybridized carbons (Fsp3) is 0.143. The standard InChI is InChI=1S/C28H25NO/c1-20-8-6-7-11-26(20)27(19-28(30)25-16-17-29-21(2)18-25)24-14-12-23(13-15-24)22-9-4-3-5-10-22/h3-18,27H,19H2,1-2H3/t27-/m0/s1. The van der Waals surface area contributed by atoms with Crippen molar-refractivity contribution in [1.82, 2.24) is 4.98 Å². The fourth-order valence-corrected chi connectivity index (χ4v) is 3.95. The van der Waals surface area contributed by atoms with Crippen LogP contribution in [0.3, 0.4) is 0 Å². The van der Waals surface area contributed by atoms with Gasteiger partial charge in [0.05, 0.1) is 0 Å². The Bertz CT molecular complexity index is 1150. The van der Waals surface area contributed by atoms with E-state index in [-0.39, 0.29) is 11.7 Å². The van der Waals surface area contributed by atoms with Gasteiger partial charge in [0.25, 0.3) is 0 Å². The monoisotopic (exact) mass is 391 g/mol. The molecular weight excluding hydrogens is 366 g/mol. The van der Waals surface area contributed by atoms with Crippen molar-refractivity contribution >= 4 is 5.78 Å². The maximum Gasteiger partial charge on any atom is 0.163 e. The number of Topliss-reactive ketones (excluding diaryl/α,β-unsaturated/α-hetero) is 1. The molecule has 4 rings (SSSR count). The van der Waals surface area contributed by atoms with Crippen molar-refractivity contribution in [2.75, 3.05) is 0 Å². The van der Waals surface area contributed by atoms with Crippen LogP contribution in [0.5, 0.6) is 0 Å². The van der Waals surface area contributed by atoms with Crippen LogP contribution in [0.4, 0.5) is 0 Å². The number of carbonyl (C=O) groups excluding carboxylic acids is 1. The van der Waals surface area contributed by atoms with Gasteiger partial charge in [-0.3, -0.25) is 9.78 Å². The molecule has 0 aliphatic heterocycles. The van der Waals surface area contributed by atoms with E-state index in [4.69, 9.17) is 0 Å². The Morgan fingerprint density at radius 1 is 0.800 bits per heavy atom. The lowest BCUT2D eigenvalue weighted by molar-refractivity contribution is 0.0977. The first kappa shape index (κ1) is 19.8. The third kappa shape index (κ3) is 4.38. The van der Waals surface area contributed by atoms with Crippen LogP contribution in [0.15, 0.2) is 97.2 Å². The van der Waals surface area contributed by atoms with E-state index in [0.29, 0.717) is 6.42 Å². The van der Waals surface area contributed by atoms with Gasteiger partial charge in [-0.15, -0.1) is 0 Å². The number of aromatic nitrogens is 1. The van der Waals surface area contributed by atoms with Crippen molar-refractivity contribution < 1.29 is 4.79 Å². The van der Waals surface area contributed by atoms with Crippen LogP contribution < -0.4 is 0 Å². The summed E-state index contributed by atoms with van der Waals surface area (Å²) in [6, 6.07) is 31.0. The minimum absolute atomic E-state index is 0.0111. The minimum Gasteiger partial charge on any atom is -0.294 e. The number of carbonyl (C=O) groups is 1. The van der Waals surface area contributed by atoms with Gasteiger partial charge in [-0.25, -0.2) is 0 Å². The van der Waals surface area contributed by atoms with E-state index in [1.165, 1.54) is 22.3 Å². The number of rotatable bonds is 6. The van der Waals surface area contributed by atoms with E-state index >= 15 is 0 Å². The van der Waals surface area contributed by atoms with Crippen LogP contribution in [-0.4, -0.2) is 10.8 Å². The van der Waals surface area contributed by atoms with Crippen LogP contribution in [0.2, 0.25) is 0 Å². The molecule has 1 atom stereocenters. The van der Waals surface area contributed by atoms with Gasteiger partial charge >= 0.3 is 0 Å². The van der Waals surface area contributed by atoms with E-state index in [0.717, 1.165) is 16.8 Å². The number of pyridine rings is 1. The molecule has 2 heteroatoms. The van der Waals surface area contributed by atoms with E-state index < -0.39 is 0 Å². The second-order valence-corrected chi connectivity index (χ2v) is 7.71. The van der Waals surface area contributed by atoms with Gasteiger partial charge in [-0.05, 0) is 53.8 Å². The molecule has 0 amide bonds. The van der Waals surface area contributed by atoms with Gasteiger partial charge in [0.1, 0.15) is 0 Å². The quantitative estimate of drug-likeness (QED) is 0.339. The highest BCUT2D eigenvalue weighted by Crippen LogP contribution is 2.33. The molecule has 0 bridgehead atoms. The van der Waals surface area contributed by atoms with E-state index in [1.807, 2.05) is 31.2 Å². The number of hydrogen-bond acceptors (Lipinski definition) is 2. The zero-order chi connectivity index (χ0) is 20.9. The molecule has 3 aromatic carbocycles. The molecule has 2 nitrogen and oxygen atoms in total. The van der Waals surface area contributed by atoms with Crippen LogP contribution in [-0.2, 0) is 0 Å². The van der Waals surface area contributed by atoms with Crippen LogP contribution in [0.25, 0.3) is 11.1 Å². The number of aryl methyl sites for hydroxylation is 2. The third-order valence-corrected chi connectivity index (χ3v) is 5.59. The average Bonchev–Trinajstić information content (AvgIpc) is 2.79. The highest BCUT2D eigenvalue weighted by molar-refractivity contribution is 5.96. The molecule has 0 fully saturated rings. The lowest BCUT2D eigenvalue weighted by Gasteiger charge is -2.20. The second kappa shape index (κ2) is 8.87. The molecule has 1 heterocycles. The van der Waals surface area contributed by atoms with E-state index in [2.05, 4.69) is 78.6 Å². The summed E-state index contributed by atoms with van der Waals surface area (Å²) in [5, 5.41) is 0. The Balaban J connectivity index is 1.69. The van der Waals surface area contributed by atoms with Crippen molar-refractivity contribution in [1.29, 1.82) is 0 Å². The summed E-state index contributed by atoms with van der Waals surface area (Å²) < 4.78 is 0. The molecular formula is C28H25NO. The molecule has 0 aliphatic rings. The first-order valence-corrected chi connectivity index (χ1v) is 10.3. The Morgan fingerprint density at radius 3 is 2.17 bits per heavy atom. The summed E-state index contributed by atoms with van der Waals surface area (Å²) in [4.78, 5) is 17.3. The van der Waals surface area contributed by atoms with Crippen LogP contribution in [0, 0.1) is 13.8 Å². The lowest BCUT2D eigenvalue weighted by atomic mass is 9.83. The Labute approximate surface area is 178 Å². The largest absolute Gasteiger partial charge is 0.294 e. The van der Waals surface area contributed by atoms with Gasteiger partial charge in [0.2, 0.25) is 0 Å². The SMILES string of the molecule is Cc1cc(C(=O)C[C@@H](c2ccc(-c3ccccc3)cc2)c2ccccc2C)ccn1. The maximum absolute atomic E-state index is 13.1. The Kier molecular flexibility index (Phi) is 5.85. The summed E-state index contributed by atoms with van der Waals surface area (Å²) in [5.41, 5.74) is 7.52. The van der Waals surface area contributed by atoms with Gasteiger partial charge in [0, 0.05) is 29.8 Å². The lowest BCUT2D eigenvalue weighted by Crippen LogP contribution is -2.11. The van der Waals surface area contributed by atoms with Crippen LogP contribution in [0.1, 0.15) is 45.1 Å². The van der Waals surface area contributed by atoms with E-state index in [9.17, 15) is 4.79 Å². The highest BCUT2D eigenvalue weighted by Gasteiger charge is 2.21. The number of nitrogens with zero attached hydrogens (tertiary/aromatic N) is 1. The molecule has 1 aromatic heterocycles. The molecule has 0 N–H and O–H groups in total.